The van der Waals surface area contributed by atoms with E-state index in [2.05, 4.69) is 10.3 Å². The summed E-state index contributed by atoms with van der Waals surface area (Å²) in [6.07, 6.45) is 6.57. The summed E-state index contributed by atoms with van der Waals surface area (Å²) in [7, 11) is 0. The third-order valence-electron chi connectivity index (χ3n) is 4.21. The second-order valence-electron chi connectivity index (χ2n) is 6.37. The Morgan fingerprint density at radius 3 is 2.61 bits per heavy atom. The Hall–Kier alpha value is -3.60. The van der Waals surface area contributed by atoms with Crippen LogP contribution in [-0.4, -0.2) is 16.7 Å². The van der Waals surface area contributed by atoms with Crippen molar-refractivity contribution in [1.29, 1.82) is 0 Å². The summed E-state index contributed by atoms with van der Waals surface area (Å²) in [5, 5.41) is 2.80. The lowest BCUT2D eigenvalue weighted by Crippen LogP contribution is -2.11. The van der Waals surface area contributed by atoms with Gasteiger partial charge in [0.1, 0.15) is 5.82 Å². The maximum atomic E-state index is 13.0. The van der Waals surface area contributed by atoms with Gasteiger partial charge in [-0.1, -0.05) is 30.3 Å². The monoisotopic (exact) mass is 374 g/mol. The molecule has 0 unspecified atom stereocenters. The summed E-state index contributed by atoms with van der Waals surface area (Å²) in [6.45, 7) is 1.86. The van der Waals surface area contributed by atoms with Gasteiger partial charge in [-0.05, 0) is 54.0 Å². The highest BCUT2D eigenvalue weighted by molar-refractivity contribution is 6.04. The first-order valence-corrected chi connectivity index (χ1v) is 8.78. The molecule has 2 aromatic carbocycles. The molecule has 3 aromatic rings. The zero-order chi connectivity index (χ0) is 19.9. The van der Waals surface area contributed by atoms with E-state index in [4.69, 9.17) is 0 Å². The van der Waals surface area contributed by atoms with E-state index in [0.717, 1.165) is 16.7 Å². The van der Waals surface area contributed by atoms with Gasteiger partial charge in [-0.25, -0.2) is 4.39 Å². The van der Waals surface area contributed by atoms with Crippen LogP contribution in [0.1, 0.15) is 27.0 Å². The van der Waals surface area contributed by atoms with Gasteiger partial charge < -0.3 is 5.32 Å². The van der Waals surface area contributed by atoms with Gasteiger partial charge >= 0.3 is 0 Å². The van der Waals surface area contributed by atoms with Gasteiger partial charge in [0.25, 0.3) is 0 Å². The van der Waals surface area contributed by atoms with Crippen molar-refractivity contribution in [2.45, 2.75) is 13.3 Å². The Morgan fingerprint density at radius 2 is 1.89 bits per heavy atom. The summed E-state index contributed by atoms with van der Waals surface area (Å²) in [5.74, 6) is -0.737. The fraction of sp³-hybridized carbons (Fsp3) is 0.0870. The lowest BCUT2D eigenvalue weighted by atomic mass is 10.0. The van der Waals surface area contributed by atoms with Crippen molar-refractivity contribution in [1.82, 2.24) is 4.98 Å². The zero-order valence-electron chi connectivity index (χ0n) is 15.4. The molecule has 140 valence electrons. The lowest BCUT2D eigenvalue weighted by molar-refractivity contribution is -0.111. The predicted octanol–water partition coefficient (Wildman–Crippen LogP) is 4.61. The van der Waals surface area contributed by atoms with Crippen LogP contribution in [-0.2, 0) is 11.2 Å². The van der Waals surface area contributed by atoms with E-state index in [1.54, 1.807) is 54.9 Å². The van der Waals surface area contributed by atoms with Crippen LogP contribution in [0, 0.1) is 12.7 Å². The minimum absolute atomic E-state index is 0.104. The number of hydrogen-bond donors (Lipinski definition) is 1. The summed E-state index contributed by atoms with van der Waals surface area (Å²) < 4.78 is 13.0. The quantitative estimate of drug-likeness (QED) is 0.506. The van der Waals surface area contributed by atoms with E-state index < -0.39 is 0 Å². The van der Waals surface area contributed by atoms with E-state index in [1.165, 1.54) is 18.2 Å². The van der Waals surface area contributed by atoms with E-state index in [0.29, 0.717) is 11.3 Å². The molecule has 1 heterocycles. The van der Waals surface area contributed by atoms with Crippen molar-refractivity contribution in [3.05, 3.63) is 101 Å². The molecule has 1 aromatic heterocycles. The van der Waals surface area contributed by atoms with Crippen molar-refractivity contribution < 1.29 is 14.0 Å². The molecular weight excluding hydrogens is 355 g/mol. The number of nitrogens with zero attached hydrogens (tertiary/aromatic N) is 1. The number of rotatable bonds is 6. The van der Waals surface area contributed by atoms with Crippen LogP contribution in [0.25, 0.3) is 6.08 Å². The topological polar surface area (TPSA) is 59.1 Å². The molecule has 0 spiro atoms. The number of aryl methyl sites for hydroxylation is 1. The number of Topliss-reactive ketones (excluding diaryl/α,β-unsaturated/α-hetero) is 1. The molecule has 1 amide bonds. The standard InChI is InChI=1S/C23H19FN2O2/c1-16-4-8-19(22(27)13-17-5-9-20(24)10-6-17)14-21(16)26-23(28)11-7-18-3-2-12-25-15-18/h2-12,14-15H,13H2,1H3,(H,26,28)/b11-7+. The summed E-state index contributed by atoms with van der Waals surface area (Å²) in [4.78, 5) is 28.7. The first-order chi connectivity index (χ1) is 13.5. The number of carbonyl (C=O) groups excluding carboxylic acids is 2. The molecule has 1 N–H and O–H groups in total. The number of nitrogens with one attached hydrogen (secondary N) is 1. The highest BCUT2D eigenvalue weighted by Gasteiger charge is 2.10. The molecule has 0 atom stereocenters. The smallest absolute Gasteiger partial charge is 0.248 e. The van der Waals surface area contributed by atoms with Gasteiger partial charge in [-0.15, -0.1) is 0 Å². The molecule has 0 saturated carbocycles. The number of amides is 1. The van der Waals surface area contributed by atoms with Crippen LogP contribution in [0.15, 0.2) is 73.1 Å². The van der Waals surface area contributed by atoms with E-state index >= 15 is 0 Å². The molecule has 28 heavy (non-hydrogen) atoms. The van der Waals surface area contributed by atoms with Crippen molar-refractivity contribution in [2.75, 3.05) is 5.32 Å². The number of pyridine rings is 1. The minimum atomic E-state index is -0.337. The summed E-state index contributed by atoms with van der Waals surface area (Å²) in [6, 6.07) is 14.7. The number of halogens is 1. The lowest BCUT2D eigenvalue weighted by Gasteiger charge is -2.09. The number of ketones is 1. The average Bonchev–Trinajstić information content (AvgIpc) is 2.70. The second-order valence-corrected chi connectivity index (χ2v) is 6.37. The van der Waals surface area contributed by atoms with Crippen LogP contribution in [0.4, 0.5) is 10.1 Å². The van der Waals surface area contributed by atoms with Crippen molar-refractivity contribution in [3.63, 3.8) is 0 Å². The Bertz CT molecular complexity index is 1010. The minimum Gasteiger partial charge on any atom is -0.322 e. The van der Waals surface area contributed by atoms with Crippen molar-refractivity contribution >= 4 is 23.5 Å². The first-order valence-electron chi connectivity index (χ1n) is 8.78. The van der Waals surface area contributed by atoms with Crippen LogP contribution in [0.3, 0.4) is 0 Å². The van der Waals surface area contributed by atoms with Gasteiger partial charge in [-0.2, -0.15) is 0 Å². The molecule has 3 rings (SSSR count). The number of aromatic nitrogens is 1. The molecule has 0 saturated heterocycles. The van der Waals surface area contributed by atoms with Gasteiger partial charge in [0.05, 0.1) is 0 Å². The molecule has 5 heteroatoms. The molecule has 0 bridgehead atoms. The third-order valence-corrected chi connectivity index (χ3v) is 4.21. The molecule has 0 radical (unpaired) electrons. The molecule has 4 nitrogen and oxygen atoms in total. The predicted molar refractivity (Wildman–Crippen MR) is 108 cm³/mol. The van der Waals surface area contributed by atoms with Gasteiger partial charge in [0.15, 0.2) is 5.78 Å². The molecule has 0 aliphatic carbocycles. The van der Waals surface area contributed by atoms with Crippen LogP contribution in [0.2, 0.25) is 0 Å². The number of hydrogen-bond acceptors (Lipinski definition) is 3. The first kappa shape index (κ1) is 19.2. The number of carbonyl (C=O) groups is 2. The SMILES string of the molecule is Cc1ccc(C(=O)Cc2ccc(F)cc2)cc1NC(=O)/C=C/c1cccnc1. The fourth-order valence-electron chi connectivity index (χ4n) is 2.64. The van der Waals surface area contributed by atoms with Crippen molar-refractivity contribution in [2.24, 2.45) is 0 Å². The summed E-state index contributed by atoms with van der Waals surface area (Å²) >= 11 is 0. The van der Waals surface area contributed by atoms with Crippen LogP contribution < -0.4 is 5.32 Å². The molecule has 0 fully saturated rings. The normalized spacial score (nSPS) is 10.8. The maximum Gasteiger partial charge on any atom is 0.248 e. The molecular formula is C23H19FN2O2. The molecule has 0 aliphatic rings. The maximum absolute atomic E-state index is 13.0. The van der Waals surface area contributed by atoms with E-state index in [1.807, 2.05) is 13.0 Å². The largest absolute Gasteiger partial charge is 0.322 e. The second kappa shape index (κ2) is 8.86. The van der Waals surface area contributed by atoms with Gasteiger partial charge in [0.2, 0.25) is 5.91 Å². The highest BCUT2D eigenvalue weighted by atomic mass is 19.1. The Morgan fingerprint density at radius 1 is 1.11 bits per heavy atom. The van der Waals surface area contributed by atoms with Crippen LogP contribution in [0.5, 0.6) is 0 Å². The fourth-order valence-corrected chi connectivity index (χ4v) is 2.64. The van der Waals surface area contributed by atoms with E-state index in [-0.39, 0.29) is 23.9 Å². The van der Waals surface area contributed by atoms with Gasteiger partial charge in [-0.3, -0.25) is 14.6 Å². The Labute approximate surface area is 162 Å². The highest BCUT2D eigenvalue weighted by Crippen LogP contribution is 2.19. The van der Waals surface area contributed by atoms with Crippen LogP contribution >= 0.6 is 0 Å². The summed E-state index contributed by atoms with van der Waals surface area (Å²) in [5.41, 5.74) is 3.46. The Balaban J connectivity index is 1.70. The number of benzene rings is 2. The third kappa shape index (κ3) is 5.20. The number of anilines is 1. The molecule has 0 aliphatic heterocycles. The zero-order valence-corrected chi connectivity index (χ0v) is 15.4. The van der Waals surface area contributed by atoms with Gasteiger partial charge in [0, 0.05) is 36.1 Å². The van der Waals surface area contributed by atoms with E-state index in [9.17, 15) is 14.0 Å². The van der Waals surface area contributed by atoms with Crippen molar-refractivity contribution in [3.8, 4) is 0 Å². The Kier molecular flexibility index (Phi) is 6.07. The average molecular weight is 374 g/mol.